The Balaban J connectivity index is 1.32. The van der Waals surface area contributed by atoms with E-state index < -0.39 is 6.09 Å². The van der Waals surface area contributed by atoms with Gasteiger partial charge in [0.15, 0.2) is 0 Å². The van der Waals surface area contributed by atoms with Crippen LogP contribution < -0.4 is 4.90 Å². The molecule has 3 saturated heterocycles. The molecule has 2 atom stereocenters. The topological polar surface area (TPSA) is 47.0 Å². The Morgan fingerprint density at radius 2 is 1.68 bits per heavy atom. The van der Waals surface area contributed by atoms with Crippen molar-refractivity contribution in [3.63, 3.8) is 0 Å². The minimum atomic E-state index is -0.741. The molecule has 5 rings (SSSR count). The molecule has 2 unspecified atom stereocenters. The van der Waals surface area contributed by atoms with Gasteiger partial charge in [-0.3, -0.25) is 0 Å². The van der Waals surface area contributed by atoms with Crippen LogP contribution in [0.25, 0.3) is 0 Å². The Kier molecular flexibility index (Phi) is 5.66. The number of amides is 1. The largest absolute Gasteiger partial charge is 0.465 e. The molecule has 0 radical (unpaired) electrons. The average Bonchev–Trinajstić information content (AvgIpc) is 3.34. The van der Waals surface area contributed by atoms with E-state index in [-0.39, 0.29) is 5.54 Å². The molecule has 1 aromatic carbocycles. The van der Waals surface area contributed by atoms with Crippen molar-refractivity contribution >= 4 is 11.8 Å². The van der Waals surface area contributed by atoms with Crippen LogP contribution >= 0.6 is 0 Å². The number of hydrogen-bond donors (Lipinski definition) is 1. The summed E-state index contributed by atoms with van der Waals surface area (Å²) in [6, 6.07) is 11.6. The van der Waals surface area contributed by atoms with Crippen molar-refractivity contribution in [3.05, 3.63) is 30.3 Å². The molecule has 1 aliphatic carbocycles. The van der Waals surface area contributed by atoms with E-state index in [2.05, 4.69) is 54.0 Å². The summed E-state index contributed by atoms with van der Waals surface area (Å²) in [4.78, 5) is 18.8. The van der Waals surface area contributed by atoms with Gasteiger partial charge >= 0.3 is 6.09 Å². The highest BCUT2D eigenvalue weighted by molar-refractivity contribution is 5.66. The molecule has 0 bridgehead atoms. The zero-order valence-corrected chi connectivity index (χ0v) is 19.2. The normalized spacial score (nSPS) is 33.3. The first-order valence-electron chi connectivity index (χ1n) is 12.5. The number of para-hydroxylation sites is 1. The first kappa shape index (κ1) is 21.1. The zero-order valence-electron chi connectivity index (χ0n) is 19.2. The molecule has 0 aromatic heterocycles. The minimum Gasteiger partial charge on any atom is -0.465 e. The van der Waals surface area contributed by atoms with E-state index in [0.717, 1.165) is 37.5 Å². The number of carbonyl (C=O) groups is 1. The molecule has 170 valence electrons. The van der Waals surface area contributed by atoms with Crippen LogP contribution in [-0.2, 0) is 0 Å². The van der Waals surface area contributed by atoms with Gasteiger partial charge in [-0.15, -0.1) is 0 Å². The summed E-state index contributed by atoms with van der Waals surface area (Å²) < 4.78 is 0. The zero-order chi connectivity index (χ0) is 21.6. The first-order valence-corrected chi connectivity index (χ1v) is 12.5. The number of rotatable bonds is 3. The molecule has 1 aromatic rings. The molecule has 4 aliphatic rings. The quantitative estimate of drug-likeness (QED) is 0.757. The summed E-state index contributed by atoms with van der Waals surface area (Å²) in [5.41, 5.74) is 1.44. The van der Waals surface area contributed by atoms with Crippen molar-refractivity contribution in [3.8, 4) is 0 Å². The highest BCUT2D eigenvalue weighted by Crippen LogP contribution is 2.51. The third kappa shape index (κ3) is 3.73. The highest BCUT2D eigenvalue weighted by Gasteiger charge is 2.58. The van der Waals surface area contributed by atoms with Crippen molar-refractivity contribution in [1.82, 2.24) is 9.80 Å². The number of piperidine rings is 1. The van der Waals surface area contributed by atoms with E-state index in [1.807, 2.05) is 0 Å². The molecule has 31 heavy (non-hydrogen) atoms. The molecule has 5 nitrogen and oxygen atoms in total. The lowest BCUT2D eigenvalue weighted by molar-refractivity contribution is 0.0634. The molecule has 1 spiro atoms. The summed E-state index contributed by atoms with van der Waals surface area (Å²) >= 11 is 0. The number of likely N-dealkylation sites (tertiary alicyclic amines) is 2. The smallest absolute Gasteiger partial charge is 0.407 e. The van der Waals surface area contributed by atoms with Gasteiger partial charge in [-0.1, -0.05) is 32.0 Å². The van der Waals surface area contributed by atoms with Crippen LogP contribution in [0.5, 0.6) is 0 Å². The van der Waals surface area contributed by atoms with Gasteiger partial charge in [0.05, 0.1) is 0 Å². The van der Waals surface area contributed by atoms with E-state index in [4.69, 9.17) is 0 Å². The van der Waals surface area contributed by atoms with Crippen LogP contribution in [-0.4, -0.2) is 65.3 Å². The van der Waals surface area contributed by atoms with Crippen molar-refractivity contribution in [2.45, 2.75) is 64.0 Å². The monoisotopic (exact) mass is 425 g/mol. The molecule has 5 heteroatoms. The van der Waals surface area contributed by atoms with Crippen LogP contribution in [0.4, 0.5) is 10.5 Å². The van der Waals surface area contributed by atoms with Crippen molar-refractivity contribution in [2.24, 2.45) is 23.7 Å². The standard InChI is InChI=1S/C26H39N3O2/c1-19(2)20-8-10-22(11-9-20)27-14-12-26(13-15-27)24-18-28(25(30)31)16-21(24)17-29(26)23-6-4-3-5-7-23/h3-7,19-22,24H,8-18H2,1-2H3,(H,30,31). The lowest BCUT2D eigenvalue weighted by Gasteiger charge is -2.51. The molecule has 4 fully saturated rings. The second-order valence-corrected chi connectivity index (χ2v) is 11.0. The van der Waals surface area contributed by atoms with Crippen molar-refractivity contribution in [2.75, 3.05) is 37.6 Å². The van der Waals surface area contributed by atoms with Crippen LogP contribution in [0.3, 0.4) is 0 Å². The van der Waals surface area contributed by atoms with Gasteiger partial charge in [-0.05, 0) is 62.5 Å². The lowest BCUT2D eigenvalue weighted by Crippen LogP contribution is -2.58. The molecule has 1 N–H and O–H groups in total. The lowest BCUT2D eigenvalue weighted by atomic mass is 9.73. The fraction of sp³-hybridized carbons (Fsp3) is 0.731. The van der Waals surface area contributed by atoms with Crippen molar-refractivity contribution < 1.29 is 9.90 Å². The van der Waals surface area contributed by atoms with Gasteiger partial charge in [-0.2, -0.15) is 0 Å². The third-order valence-electron chi connectivity index (χ3n) is 9.29. The summed E-state index contributed by atoms with van der Waals surface area (Å²) in [7, 11) is 0. The number of fused-ring (bicyclic) bond motifs is 2. The fourth-order valence-corrected chi connectivity index (χ4v) is 7.46. The number of hydrogen-bond acceptors (Lipinski definition) is 3. The predicted molar refractivity (Wildman–Crippen MR) is 124 cm³/mol. The summed E-state index contributed by atoms with van der Waals surface area (Å²) in [6.07, 6.45) is 7.09. The molecule has 1 amide bonds. The second kappa shape index (κ2) is 8.31. The van der Waals surface area contributed by atoms with Crippen molar-refractivity contribution in [1.29, 1.82) is 0 Å². The van der Waals surface area contributed by atoms with Gasteiger partial charge < -0.3 is 19.8 Å². The van der Waals surface area contributed by atoms with E-state index in [0.29, 0.717) is 24.9 Å². The minimum absolute atomic E-state index is 0.113. The SMILES string of the molecule is CC(C)C1CCC(N2CCC3(CC2)C2CN(C(=O)O)CC2CN3c2ccccc2)CC1. The Hall–Kier alpha value is -1.75. The maximum atomic E-state index is 11.7. The van der Waals surface area contributed by atoms with Gasteiger partial charge in [0.1, 0.15) is 0 Å². The second-order valence-electron chi connectivity index (χ2n) is 11.0. The Labute approximate surface area is 187 Å². The summed E-state index contributed by atoms with van der Waals surface area (Å²) in [5, 5.41) is 9.61. The van der Waals surface area contributed by atoms with Gasteiger partial charge in [0, 0.05) is 61.8 Å². The Bertz CT molecular complexity index is 766. The molecule has 1 saturated carbocycles. The van der Waals surface area contributed by atoms with Crippen LogP contribution in [0.2, 0.25) is 0 Å². The van der Waals surface area contributed by atoms with Crippen LogP contribution in [0, 0.1) is 23.7 Å². The first-order chi connectivity index (χ1) is 15.0. The molecular weight excluding hydrogens is 386 g/mol. The van der Waals surface area contributed by atoms with E-state index in [1.54, 1.807) is 4.90 Å². The predicted octanol–water partition coefficient (Wildman–Crippen LogP) is 4.78. The maximum Gasteiger partial charge on any atom is 0.407 e. The maximum absolute atomic E-state index is 11.7. The highest BCUT2D eigenvalue weighted by atomic mass is 16.4. The van der Waals surface area contributed by atoms with E-state index in [9.17, 15) is 9.90 Å². The number of benzene rings is 1. The van der Waals surface area contributed by atoms with Gasteiger partial charge in [0.2, 0.25) is 0 Å². The number of anilines is 1. The van der Waals surface area contributed by atoms with Crippen LogP contribution in [0.1, 0.15) is 52.4 Å². The third-order valence-corrected chi connectivity index (χ3v) is 9.29. The molecule has 3 aliphatic heterocycles. The fourth-order valence-electron chi connectivity index (χ4n) is 7.46. The molecular formula is C26H39N3O2. The Morgan fingerprint density at radius 3 is 2.29 bits per heavy atom. The van der Waals surface area contributed by atoms with E-state index in [1.165, 1.54) is 44.2 Å². The molecule has 3 heterocycles. The van der Waals surface area contributed by atoms with Crippen LogP contribution in [0.15, 0.2) is 30.3 Å². The van der Waals surface area contributed by atoms with Gasteiger partial charge in [-0.25, -0.2) is 4.79 Å². The van der Waals surface area contributed by atoms with Gasteiger partial charge in [0.25, 0.3) is 0 Å². The summed E-state index contributed by atoms with van der Waals surface area (Å²) in [5.74, 6) is 2.66. The number of nitrogens with zero attached hydrogens (tertiary/aromatic N) is 3. The Morgan fingerprint density at radius 1 is 1.00 bits per heavy atom. The van der Waals surface area contributed by atoms with E-state index >= 15 is 0 Å². The number of carboxylic acid groups (broad SMARTS) is 1. The summed E-state index contributed by atoms with van der Waals surface area (Å²) in [6.45, 7) is 9.50. The average molecular weight is 426 g/mol.